The van der Waals surface area contributed by atoms with Crippen molar-refractivity contribution in [3.8, 4) is 23.0 Å². The highest BCUT2D eigenvalue weighted by atomic mass is 35.5. The van der Waals surface area contributed by atoms with Gasteiger partial charge in [-0.05, 0) is 104 Å². The van der Waals surface area contributed by atoms with Crippen LogP contribution in [0.2, 0.25) is 5.02 Å². The number of halogens is 1. The van der Waals surface area contributed by atoms with Gasteiger partial charge in [-0.3, -0.25) is 9.59 Å². The second kappa shape index (κ2) is 13.8. The van der Waals surface area contributed by atoms with Crippen LogP contribution >= 0.6 is 11.6 Å². The molecule has 12 nitrogen and oxygen atoms in total. The van der Waals surface area contributed by atoms with Crippen LogP contribution in [0, 0.1) is 23.7 Å². The number of hydrogen-bond donors (Lipinski definition) is 4. The lowest BCUT2D eigenvalue weighted by atomic mass is 9.47. The van der Waals surface area contributed by atoms with E-state index in [1.807, 2.05) is 12.1 Å². The molecule has 5 aliphatic rings. The lowest BCUT2D eigenvalue weighted by molar-refractivity contribution is -0.645. The second-order valence-corrected chi connectivity index (χ2v) is 14.2. The van der Waals surface area contributed by atoms with Gasteiger partial charge in [0.15, 0.2) is 5.60 Å². The normalized spacial score (nSPS) is 28.0. The highest BCUT2D eigenvalue weighted by molar-refractivity contribution is 6.33. The molecule has 4 aliphatic carbocycles. The van der Waals surface area contributed by atoms with Gasteiger partial charge in [-0.1, -0.05) is 35.9 Å². The lowest BCUT2D eigenvalue weighted by Gasteiger charge is -2.68. The third-order valence-corrected chi connectivity index (χ3v) is 11.1. The number of aromatic hydroxyl groups is 1. The maximum absolute atomic E-state index is 12.7. The zero-order valence-corrected chi connectivity index (χ0v) is 28.5. The smallest absolute Gasteiger partial charge is 0.326 e. The molecule has 1 saturated heterocycles. The number of phenolic OH excluding ortho intramolecular Hbond substituents is 1. The minimum atomic E-state index is -1.61. The van der Waals surface area contributed by atoms with Crippen molar-refractivity contribution >= 4 is 35.5 Å². The first-order valence-corrected chi connectivity index (χ1v) is 17.3. The summed E-state index contributed by atoms with van der Waals surface area (Å²) in [7, 11) is 1.59. The summed E-state index contributed by atoms with van der Waals surface area (Å²) in [6, 6.07) is 15.5. The summed E-state index contributed by atoms with van der Waals surface area (Å²) in [5.41, 5.74) is 1.01. The van der Waals surface area contributed by atoms with Crippen molar-refractivity contribution in [2.24, 2.45) is 23.7 Å². The largest absolute Gasteiger partial charge is 0.508 e. The Balaban J connectivity index is 1.18. The average Bonchev–Trinajstić information content (AvgIpc) is 3.08. The van der Waals surface area contributed by atoms with Crippen LogP contribution < -0.4 is 14.8 Å². The monoisotopic (exact) mass is 719 g/mol. The Kier molecular flexibility index (Phi) is 9.44. The van der Waals surface area contributed by atoms with E-state index in [1.165, 1.54) is 24.6 Å². The molecular formula is C38H38ClNO11. The summed E-state index contributed by atoms with van der Waals surface area (Å²) in [5.74, 6) is -1.63. The Hall–Kier alpha value is -4.62. The SMILES string of the molecule is COC1(c2ccc(/C=C/C(=O)NC(CC(=O)O)C(=O)O)c(OCc3ccc(Oc4ccc(O)cc4)cc3)c2Cl)OOC12C1CC3CC(C1)CC2C3. The molecule has 1 amide bonds. The van der Waals surface area contributed by atoms with E-state index in [0.29, 0.717) is 34.5 Å². The van der Waals surface area contributed by atoms with Gasteiger partial charge in [0.25, 0.3) is 5.79 Å². The maximum atomic E-state index is 12.7. The molecule has 1 spiro atoms. The zero-order chi connectivity index (χ0) is 35.9. The summed E-state index contributed by atoms with van der Waals surface area (Å²) >= 11 is 7.22. The topological polar surface area (TPSA) is 170 Å². The molecule has 8 rings (SSSR count). The molecule has 4 bridgehead atoms. The van der Waals surface area contributed by atoms with Crippen LogP contribution in [0.5, 0.6) is 23.0 Å². The number of ether oxygens (including phenoxy) is 3. The first kappa shape index (κ1) is 34.8. The highest BCUT2D eigenvalue weighted by Gasteiger charge is 2.77. The van der Waals surface area contributed by atoms with Crippen molar-refractivity contribution in [1.29, 1.82) is 0 Å². The van der Waals surface area contributed by atoms with Crippen LogP contribution in [-0.4, -0.2) is 51.9 Å². The Morgan fingerprint density at radius 2 is 1.55 bits per heavy atom. The molecule has 1 aliphatic heterocycles. The zero-order valence-electron chi connectivity index (χ0n) is 27.8. The average molecular weight is 720 g/mol. The van der Waals surface area contributed by atoms with E-state index >= 15 is 0 Å². The van der Waals surface area contributed by atoms with Gasteiger partial charge in [-0.15, -0.1) is 0 Å². The Bertz CT molecular complexity index is 1810. The number of carboxylic acid groups (broad SMARTS) is 2. The fraction of sp³-hybridized carbons (Fsp3) is 0.395. The van der Waals surface area contributed by atoms with Gasteiger partial charge >= 0.3 is 11.9 Å². The van der Waals surface area contributed by atoms with Crippen LogP contribution in [0.25, 0.3) is 6.08 Å². The van der Waals surface area contributed by atoms with E-state index in [-0.39, 0.29) is 35.0 Å². The fourth-order valence-electron chi connectivity index (χ4n) is 8.65. The number of amides is 1. The Morgan fingerprint density at radius 3 is 2.10 bits per heavy atom. The molecule has 3 aromatic rings. The summed E-state index contributed by atoms with van der Waals surface area (Å²) in [5, 5.41) is 30.4. The standard InChI is InChI=1S/C38H38ClNO11/c1-47-38(37(50-51-38)25-15-22-14-23(17-25)18-26(37)16-22)30-12-4-24(5-13-32(42)40-31(36(45)46)19-33(43)44)35(34(30)39)48-20-21-2-8-28(9-3-21)49-29-10-6-27(41)7-11-29/h2-13,22-23,25-26,31,41H,14-20H2,1H3,(H,40,42)(H,43,44)(H,45,46)/b13-5+. The lowest BCUT2D eigenvalue weighted by Crippen LogP contribution is -2.76. The number of aliphatic carboxylic acids is 2. The van der Waals surface area contributed by atoms with Crippen molar-refractivity contribution in [2.45, 2.75) is 62.6 Å². The third-order valence-electron chi connectivity index (χ3n) is 10.7. The predicted molar refractivity (Wildman–Crippen MR) is 182 cm³/mol. The van der Waals surface area contributed by atoms with Crippen LogP contribution in [0.1, 0.15) is 55.2 Å². The van der Waals surface area contributed by atoms with E-state index in [1.54, 1.807) is 43.5 Å². The van der Waals surface area contributed by atoms with Gasteiger partial charge in [0.05, 0.1) is 11.4 Å². The molecule has 2 unspecified atom stereocenters. The van der Waals surface area contributed by atoms with E-state index in [4.69, 9.17) is 40.7 Å². The second-order valence-electron chi connectivity index (χ2n) is 13.8. The molecular weight excluding hydrogens is 682 g/mol. The van der Waals surface area contributed by atoms with Crippen molar-refractivity contribution in [3.05, 3.63) is 88.5 Å². The van der Waals surface area contributed by atoms with Gasteiger partial charge in [0, 0.05) is 24.3 Å². The number of hydrogen-bond acceptors (Lipinski definition) is 9. The molecule has 13 heteroatoms. The van der Waals surface area contributed by atoms with Gasteiger partial charge in [-0.25, -0.2) is 9.68 Å². The summed E-state index contributed by atoms with van der Waals surface area (Å²) in [4.78, 5) is 47.4. The Morgan fingerprint density at radius 1 is 0.922 bits per heavy atom. The van der Waals surface area contributed by atoms with Gasteiger partial charge in [0.1, 0.15) is 35.6 Å². The molecule has 4 N–H and O–H groups in total. The molecule has 268 valence electrons. The molecule has 3 aromatic carbocycles. The van der Waals surface area contributed by atoms with E-state index in [0.717, 1.165) is 37.3 Å². The minimum absolute atomic E-state index is 0.0759. The molecule has 0 radical (unpaired) electrons. The number of carbonyl (C=O) groups is 3. The van der Waals surface area contributed by atoms with E-state index in [2.05, 4.69) is 5.32 Å². The summed E-state index contributed by atoms with van der Waals surface area (Å²) in [6.07, 6.45) is 7.12. The summed E-state index contributed by atoms with van der Waals surface area (Å²) in [6.45, 7) is 0.0759. The van der Waals surface area contributed by atoms with Crippen molar-refractivity contribution < 1.29 is 53.7 Å². The number of carbonyl (C=O) groups excluding carboxylic acids is 1. The number of phenols is 1. The first-order valence-electron chi connectivity index (χ1n) is 16.9. The number of nitrogens with one attached hydrogen (secondary N) is 1. The number of carboxylic acids is 2. The van der Waals surface area contributed by atoms with Crippen molar-refractivity contribution in [1.82, 2.24) is 5.32 Å². The van der Waals surface area contributed by atoms with Crippen LogP contribution in [0.4, 0.5) is 0 Å². The molecule has 2 atom stereocenters. The molecule has 4 saturated carbocycles. The highest BCUT2D eigenvalue weighted by Crippen LogP contribution is 2.70. The number of rotatable bonds is 13. The van der Waals surface area contributed by atoms with E-state index in [9.17, 15) is 24.6 Å². The fourth-order valence-corrected chi connectivity index (χ4v) is 9.00. The summed E-state index contributed by atoms with van der Waals surface area (Å²) < 4.78 is 18.5. The molecule has 51 heavy (non-hydrogen) atoms. The van der Waals surface area contributed by atoms with Gasteiger partial charge in [0.2, 0.25) is 5.91 Å². The molecule has 1 heterocycles. The van der Waals surface area contributed by atoms with Gasteiger partial charge in [-0.2, -0.15) is 4.89 Å². The first-order chi connectivity index (χ1) is 24.5. The van der Waals surface area contributed by atoms with Crippen molar-refractivity contribution in [3.63, 3.8) is 0 Å². The third kappa shape index (κ3) is 6.41. The maximum Gasteiger partial charge on any atom is 0.326 e. The van der Waals surface area contributed by atoms with Crippen molar-refractivity contribution in [2.75, 3.05) is 7.11 Å². The van der Waals surface area contributed by atoms with Crippen LogP contribution in [0.15, 0.2) is 66.7 Å². The minimum Gasteiger partial charge on any atom is -0.508 e. The van der Waals surface area contributed by atoms with E-state index < -0.39 is 41.7 Å². The number of methoxy groups -OCH3 is 1. The van der Waals surface area contributed by atoms with Crippen LogP contribution in [-0.2, 0) is 41.3 Å². The number of benzene rings is 3. The molecule has 0 aromatic heterocycles. The molecule has 5 fully saturated rings. The van der Waals surface area contributed by atoms with Crippen LogP contribution in [0.3, 0.4) is 0 Å². The predicted octanol–water partition coefficient (Wildman–Crippen LogP) is 6.43. The Labute approximate surface area is 298 Å². The quantitative estimate of drug-likeness (QED) is 0.113. The van der Waals surface area contributed by atoms with Gasteiger partial charge < -0.3 is 34.8 Å².